The quantitative estimate of drug-likeness (QED) is 0.487. The van der Waals surface area contributed by atoms with Crippen LogP contribution in [0.1, 0.15) is 120 Å². The van der Waals surface area contributed by atoms with Crippen molar-refractivity contribution in [3.8, 4) is 0 Å². The highest BCUT2D eigenvalue weighted by molar-refractivity contribution is 5.85. The Morgan fingerprint density at radius 1 is 0.788 bits per heavy atom. The SMILES string of the molecule is CC1(C)C(=O)CC[C@@]2(C)C1CC[C@]1(C)C2CCC2[C@@H](C3(C)CC[C@@H](C(C)(C)O)O3)CC[C@]21C. The molecule has 0 bridgehead atoms. The summed E-state index contributed by atoms with van der Waals surface area (Å²) in [6.45, 7) is 18.5. The maximum atomic E-state index is 12.9. The normalized spacial score (nSPS) is 54.0. The minimum atomic E-state index is -0.762. The topological polar surface area (TPSA) is 46.5 Å². The Labute approximate surface area is 202 Å². The standard InChI is InChI=1S/C30H50O3/c1-25(2)21-12-17-29(7)22(27(21,5)15-13-23(25)31)10-9-19-20(11-16-28(19,29)6)30(8)18-14-24(33-30)26(3,4)32/h19-22,24,32H,9-18H2,1-8H3/t19?,20-,21?,22?,24-,27-,28+,29+,30?/m0/s1. The third-order valence-corrected chi connectivity index (χ3v) is 13.0. The number of fused-ring (bicyclic) bond motifs is 5. The molecule has 0 aromatic heterocycles. The number of rotatable bonds is 2. The summed E-state index contributed by atoms with van der Waals surface area (Å²) in [7, 11) is 0. The van der Waals surface area contributed by atoms with Gasteiger partial charge in [0.25, 0.3) is 0 Å². The van der Waals surface area contributed by atoms with Crippen molar-refractivity contribution in [3.05, 3.63) is 0 Å². The van der Waals surface area contributed by atoms with Gasteiger partial charge in [-0.3, -0.25) is 4.79 Å². The minimum absolute atomic E-state index is 0.0439. The van der Waals surface area contributed by atoms with Crippen molar-refractivity contribution in [2.75, 3.05) is 0 Å². The Morgan fingerprint density at radius 2 is 1.45 bits per heavy atom. The van der Waals surface area contributed by atoms with Crippen LogP contribution in [0.2, 0.25) is 0 Å². The van der Waals surface area contributed by atoms with E-state index in [4.69, 9.17) is 4.74 Å². The lowest BCUT2D eigenvalue weighted by Crippen LogP contribution is -2.63. The first-order chi connectivity index (χ1) is 15.1. The minimum Gasteiger partial charge on any atom is -0.388 e. The average molecular weight is 459 g/mol. The van der Waals surface area contributed by atoms with E-state index in [1.807, 2.05) is 13.8 Å². The van der Waals surface area contributed by atoms with E-state index >= 15 is 0 Å². The Balaban J connectivity index is 1.45. The zero-order chi connectivity index (χ0) is 24.2. The van der Waals surface area contributed by atoms with Gasteiger partial charge in [0.05, 0.1) is 17.3 Å². The molecule has 0 amide bonds. The van der Waals surface area contributed by atoms with Crippen molar-refractivity contribution in [3.63, 3.8) is 0 Å². The van der Waals surface area contributed by atoms with Gasteiger partial charge in [0.1, 0.15) is 5.78 Å². The summed E-state index contributed by atoms with van der Waals surface area (Å²) in [5.41, 5.74) is -0.0493. The summed E-state index contributed by atoms with van der Waals surface area (Å²) < 4.78 is 6.72. The first-order valence-corrected chi connectivity index (χ1v) is 14.0. The lowest BCUT2D eigenvalue weighted by molar-refractivity contribution is -0.210. The predicted molar refractivity (Wildman–Crippen MR) is 133 cm³/mol. The molecule has 3 heteroatoms. The molecule has 33 heavy (non-hydrogen) atoms. The number of aliphatic hydroxyl groups is 1. The second-order valence-electron chi connectivity index (χ2n) is 15.1. The van der Waals surface area contributed by atoms with Crippen LogP contribution in [0.25, 0.3) is 0 Å². The molecule has 0 aromatic rings. The molecule has 0 spiro atoms. The predicted octanol–water partition coefficient (Wildman–Crippen LogP) is 6.95. The average Bonchev–Trinajstić information content (AvgIpc) is 3.27. The molecule has 1 saturated heterocycles. The van der Waals surface area contributed by atoms with Crippen molar-refractivity contribution >= 4 is 5.78 Å². The van der Waals surface area contributed by atoms with Crippen LogP contribution in [0.3, 0.4) is 0 Å². The summed E-state index contributed by atoms with van der Waals surface area (Å²) >= 11 is 0. The summed E-state index contributed by atoms with van der Waals surface area (Å²) in [5.74, 6) is 3.06. The van der Waals surface area contributed by atoms with Crippen LogP contribution >= 0.6 is 0 Å². The maximum absolute atomic E-state index is 12.9. The number of ketones is 1. The van der Waals surface area contributed by atoms with E-state index < -0.39 is 5.60 Å². The lowest BCUT2D eigenvalue weighted by atomic mass is 9.35. The third kappa shape index (κ3) is 3.09. The van der Waals surface area contributed by atoms with Gasteiger partial charge >= 0.3 is 0 Å². The fourth-order valence-corrected chi connectivity index (χ4v) is 10.9. The molecule has 5 aliphatic rings. The fraction of sp³-hybridized carbons (Fsp3) is 0.967. The van der Waals surface area contributed by atoms with Gasteiger partial charge in [-0.1, -0.05) is 34.6 Å². The molecule has 0 radical (unpaired) electrons. The monoisotopic (exact) mass is 458 g/mol. The second kappa shape index (κ2) is 7.09. The van der Waals surface area contributed by atoms with Crippen molar-refractivity contribution in [2.24, 2.45) is 45.3 Å². The molecule has 5 rings (SSSR count). The first kappa shape index (κ1) is 24.3. The van der Waals surface area contributed by atoms with Crippen LogP contribution in [-0.4, -0.2) is 28.2 Å². The van der Waals surface area contributed by atoms with E-state index in [-0.39, 0.29) is 22.5 Å². The van der Waals surface area contributed by atoms with Crippen molar-refractivity contribution in [1.29, 1.82) is 0 Å². The van der Waals surface area contributed by atoms with Gasteiger partial charge in [-0.2, -0.15) is 0 Å². The van der Waals surface area contributed by atoms with Gasteiger partial charge in [-0.25, -0.2) is 0 Å². The van der Waals surface area contributed by atoms with Gasteiger partial charge in [-0.15, -0.1) is 0 Å². The Bertz CT molecular complexity index is 825. The molecule has 5 fully saturated rings. The number of ether oxygens (including phenoxy) is 1. The summed E-state index contributed by atoms with van der Waals surface area (Å²) in [4.78, 5) is 12.9. The number of Topliss-reactive ketones (excluding diaryl/α,β-unsaturated/α-hetero) is 1. The summed E-state index contributed by atoms with van der Waals surface area (Å²) in [5, 5.41) is 10.6. The number of hydrogen-bond acceptors (Lipinski definition) is 3. The highest BCUT2D eigenvalue weighted by Gasteiger charge is 2.70. The van der Waals surface area contributed by atoms with Crippen LogP contribution in [0, 0.1) is 45.3 Å². The van der Waals surface area contributed by atoms with Crippen molar-refractivity contribution in [2.45, 2.75) is 137 Å². The largest absolute Gasteiger partial charge is 0.388 e. The van der Waals surface area contributed by atoms with Crippen LogP contribution in [0.4, 0.5) is 0 Å². The molecule has 0 aromatic carbocycles. The molecule has 3 nitrogen and oxygen atoms in total. The van der Waals surface area contributed by atoms with Gasteiger partial charge in [0, 0.05) is 11.8 Å². The first-order valence-electron chi connectivity index (χ1n) is 14.0. The van der Waals surface area contributed by atoms with Gasteiger partial charge in [0.2, 0.25) is 0 Å². The number of carbonyl (C=O) groups is 1. The Hall–Kier alpha value is -0.410. The van der Waals surface area contributed by atoms with Gasteiger partial charge < -0.3 is 9.84 Å². The van der Waals surface area contributed by atoms with Crippen LogP contribution in [-0.2, 0) is 9.53 Å². The van der Waals surface area contributed by atoms with Crippen molar-refractivity contribution < 1.29 is 14.6 Å². The molecule has 4 saturated carbocycles. The zero-order valence-corrected chi connectivity index (χ0v) is 22.7. The van der Waals surface area contributed by atoms with Crippen molar-refractivity contribution in [1.82, 2.24) is 0 Å². The molecule has 4 unspecified atom stereocenters. The highest BCUT2D eigenvalue weighted by Crippen LogP contribution is 2.75. The van der Waals surface area contributed by atoms with E-state index in [2.05, 4.69) is 41.5 Å². The number of hydrogen-bond donors (Lipinski definition) is 1. The molecule has 4 aliphatic carbocycles. The van der Waals surface area contributed by atoms with Gasteiger partial charge in [-0.05, 0) is 118 Å². The molecule has 188 valence electrons. The maximum Gasteiger partial charge on any atom is 0.138 e. The van der Waals surface area contributed by atoms with E-state index in [1.54, 1.807) is 0 Å². The van der Waals surface area contributed by atoms with Crippen LogP contribution in [0.5, 0.6) is 0 Å². The van der Waals surface area contributed by atoms with E-state index in [9.17, 15) is 9.90 Å². The van der Waals surface area contributed by atoms with E-state index in [0.29, 0.717) is 34.4 Å². The Kier molecular flexibility index (Phi) is 5.22. The fourth-order valence-electron chi connectivity index (χ4n) is 10.9. The molecule has 9 atom stereocenters. The van der Waals surface area contributed by atoms with Crippen LogP contribution in [0.15, 0.2) is 0 Å². The summed E-state index contributed by atoms with van der Waals surface area (Å²) in [6.07, 6.45) is 11.6. The number of carbonyl (C=O) groups excluding carboxylic acids is 1. The lowest BCUT2D eigenvalue weighted by Gasteiger charge is -2.69. The Morgan fingerprint density at radius 3 is 2.09 bits per heavy atom. The summed E-state index contributed by atoms with van der Waals surface area (Å²) in [6, 6.07) is 0. The van der Waals surface area contributed by atoms with E-state index in [0.717, 1.165) is 31.6 Å². The van der Waals surface area contributed by atoms with E-state index in [1.165, 1.54) is 38.5 Å². The second-order valence-corrected chi connectivity index (χ2v) is 15.1. The zero-order valence-electron chi connectivity index (χ0n) is 22.7. The molecule has 1 aliphatic heterocycles. The highest BCUT2D eigenvalue weighted by atomic mass is 16.5. The molecule has 1 heterocycles. The third-order valence-electron chi connectivity index (χ3n) is 13.0. The molecular formula is C30H50O3. The van der Waals surface area contributed by atoms with Gasteiger partial charge in [0.15, 0.2) is 0 Å². The molecular weight excluding hydrogens is 408 g/mol. The molecule has 1 N–H and O–H groups in total. The van der Waals surface area contributed by atoms with Crippen LogP contribution < -0.4 is 0 Å². The smallest absolute Gasteiger partial charge is 0.138 e.